The number of hydrogen-bond donors (Lipinski definition) is 2. The van der Waals surface area contributed by atoms with Gasteiger partial charge >= 0.3 is 0 Å². The highest BCUT2D eigenvalue weighted by Crippen LogP contribution is 2.12. The third kappa shape index (κ3) is 2.99. The molecule has 0 aliphatic heterocycles. The Morgan fingerprint density at radius 1 is 1.46 bits per heavy atom. The quantitative estimate of drug-likeness (QED) is 0.724. The summed E-state index contributed by atoms with van der Waals surface area (Å²) in [5, 5.41) is 3.11. The zero-order chi connectivity index (χ0) is 9.68. The largest absolute Gasteiger partial charge is 0.369 e. The van der Waals surface area contributed by atoms with Gasteiger partial charge < -0.3 is 11.1 Å². The van der Waals surface area contributed by atoms with Crippen molar-refractivity contribution in [1.82, 2.24) is 9.97 Å². The molecule has 0 unspecified atom stereocenters. The van der Waals surface area contributed by atoms with E-state index >= 15 is 0 Å². The lowest BCUT2D eigenvalue weighted by atomic mass is 10.1. The minimum Gasteiger partial charge on any atom is -0.369 e. The first-order chi connectivity index (χ1) is 6.24. The molecule has 0 amide bonds. The summed E-state index contributed by atoms with van der Waals surface area (Å²) in [6.45, 7) is 5.57. The van der Waals surface area contributed by atoms with Crippen LogP contribution < -0.4 is 11.1 Å². The first-order valence-electron chi connectivity index (χ1n) is 4.50. The van der Waals surface area contributed by atoms with Crippen molar-refractivity contribution in [2.45, 2.75) is 19.8 Å². The van der Waals surface area contributed by atoms with E-state index < -0.39 is 0 Å². The fourth-order valence-electron chi connectivity index (χ4n) is 0.985. The average Bonchev–Trinajstić information content (AvgIpc) is 2.15. The van der Waals surface area contributed by atoms with E-state index in [2.05, 4.69) is 29.1 Å². The Kier molecular flexibility index (Phi) is 3.64. The summed E-state index contributed by atoms with van der Waals surface area (Å²) in [6, 6.07) is 1.96. The predicted octanol–water partition coefficient (Wildman–Crippen LogP) is 0.971. The molecule has 0 bridgehead atoms. The maximum Gasteiger partial charge on any atom is 0.129 e. The third-order valence-corrected chi connectivity index (χ3v) is 1.73. The Bertz CT molecular complexity index is 260. The Hall–Kier alpha value is -1.16. The van der Waals surface area contributed by atoms with Crippen LogP contribution in [0.4, 0.5) is 5.82 Å². The van der Waals surface area contributed by atoms with Gasteiger partial charge in [-0.3, -0.25) is 0 Å². The van der Waals surface area contributed by atoms with Gasteiger partial charge in [-0.25, -0.2) is 9.97 Å². The molecule has 0 fully saturated rings. The molecule has 3 N–H and O–H groups in total. The molecule has 4 nitrogen and oxygen atoms in total. The van der Waals surface area contributed by atoms with Crippen LogP contribution in [0.2, 0.25) is 0 Å². The minimum atomic E-state index is 0.432. The standard InChI is InChI=1S/C9H16N4/c1-7(2)8-5-9(11-4-3-10)13-6-12-8/h5-7H,3-4,10H2,1-2H3,(H,11,12,13). The number of nitrogens with one attached hydrogen (secondary N) is 1. The van der Waals surface area contributed by atoms with E-state index in [1.54, 1.807) is 6.33 Å². The molecule has 4 heteroatoms. The molecule has 0 radical (unpaired) electrons. The molecule has 0 aliphatic carbocycles. The molecule has 1 aromatic rings. The van der Waals surface area contributed by atoms with Crippen molar-refractivity contribution in [3.8, 4) is 0 Å². The molecule has 0 aromatic carbocycles. The van der Waals surface area contributed by atoms with Gasteiger partial charge in [0.05, 0.1) is 0 Å². The Morgan fingerprint density at radius 2 is 2.23 bits per heavy atom. The lowest BCUT2D eigenvalue weighted by molar-refractivity contribution is 0.813. The second-order valence-corrected chi connectivity index (χ2v) is 3.20. The predicted molar refractivity (Wildman–Crippen MR) is 53.7 cm³/mol. The lowest BCUT2D eigenvalue weighted by Gasteiger charge is -2.07. The molecular formula is C9H16N4. The highest BCUT2D eigenvalue weighted by molar-refractivity contribution is 5.35. The molecule has 0 atom stereocenters. The maximum atomic E-state index is 5.37. The van der Waals surface area contributed by atoms with E-state index in [4.69, 9.17) is 5.73 Å². The number of nitrogens with zero attached hydrogens (tertiary/aromatic N) is 2. The fourth-order valence-corrected chi connectivity index (χ4v) is 0.985. The summed E-state index contributed by atoms with van der Waals surface area (Å²) in [7, 11) is 0. The van der Waals surface area contributed by atoms with Crippen molar-refractivity contribution in [2.24, 2.45) is 5.73 Å². The molecule has 13 heavy (non-hydrogen) atoms. The van der Waals surface area contributed by atoms with E-state index in [9.17, 15) is 0 Å². The van der Waals surface area contributed by atoms with Crippen LogP contribution in [0.1, 0.15) is 25.5 Å². The second-order valence-electron chi connectivity index (χ2n) is 3.20. The van der Waals surface area contributed by atoms with Gasteiger partial charge in [0, 0.05) is 24.8 Å². The van der Waals surface area contributed by atoms with Crippen LogP contribution >= 0.6 is 0 Å². The summed E-state index contributed by atoms with van der Waals surface area (Å²) < 4.78 is 0. The Labute approximate surface area is 78.6 Å². The van der Waals surface area contributed by atoms with E-state index in [-0.39, 0.29) is 0 Å². The van der Waals surface area contributed by atoms with Crippen molar-refractivity contribution in [3.63, 3.8) is 0 Å². The first kappa shape index (κ1) is 9.92. The molecule has 0 saturated carbocycles. The molecule has 0 saturated heterocycles. The smallest absolute Gasteiger partial charge is 0.129 e. The highest BCUT2D eigenvalue weighted by atomic mass is 15.0. The average molecular weight is 180 g/mol. The summed E-state index contributed by atoms with van der Waals surface area (Å²) in [5.74, 6) is 1.28. The minimum absolute atomic E-state index is 0.432. The first-order valence-corrected chi connectivity index (χ1v) is 4.50. The molecule has 72 valence electrons. The topological polar surface area (TPSA) is 63.8 Å². The van der Waals surface area contributed by atoms with E-state index in [1.165, 1.54) is 0 Å². The zero-order valence-electron chi connectivity index (χ0n) is 8.12. The molecular weight excluding hydrogens is 164 g/mol. The van der Waals surface area contributed by atoms with Gasteiger partial charge in [0.25, 0.3) is 0 Å². The van der Waals surface area contributed by atoms with Crippen molar-refractivity contribution >= 4 is 5.82 Å². The van der Waals surface area contributed by atoms with Gasteiger partial charge in [0.1, 0.15) is 12.1 Å². The fraction of sp³-hybridized carbons (Fsp3) is 0.556. The second kappa shape index (κ2) is 4.77. The monoisotopic (exact) mass is 180 g/mol. The van der Waals surface area contributed by atoms with E-state index in [0.29, 0.717) is 12.5 Å². The van der Waals surface area contributed by atoms with Crippen LogP contribution in [0.15, 0.2) is 12.4 Å². The van der Waals surface area contributed by atoms with Gasteiger partial charge in [-0.1, -0.05) is 13.8 Å². The van der Waals surface area contributed by atoms with Crippen molar-refractivity contribution in [3.05, 3.63) is 18.1 Å². The SMILES string of the molecule is CC(C)c1cc(NCCN)ncn1. The van der Waals surface area contributed by atoms with Gasteiger partial charge in [0.2, 0.25) is 0 Å². The summed E-state index contributed by atoms with van der Waals surface area (Å²) in [4.78, 5) is 8.25. The van der Waals surface area contributed by atoms with E-state index in [1.807, 2.05) is 6.07 Å². The van der Waals surface area contributed by atoms with Crippen LogP contribution in [0, 0.1) is 0 Å². The molecule has 0 spiro atoms. The zero-order valence-corrected chi connectivity index (χ0v) is 8.12. The molecule has 1 aromatic heterocycles. The van der Waals surface area contributed by atoms with Crippen molar-refractivity contribution in [1.29, 1.82) is 0 Å². The van der Waals surface area contributed by atoms with Crippen LogP contribution in [0.3, 0.4) is 0 Å². The number of anilines is 1. The van der Waals surface area contributed by atoms with Gasteiger partial charge in [-0.05, 0) is 5.92 Å². The Morgan fingerprint density at radius 3 is 2.85 bits per heavy atom. The van der Waals surface area contributed by atoms with Crippen molar-refractivity contribution in [2.75, 3.05) is 18.4 Å². The van der Waals surface area contributed by atoms with Crippen LogP contribution in [-0.4, -0.2) is 23.1 Å². The lowest BCUT2D eigenvalue weighted by Crippen LogP contribution is -2.14. The van der Waals surface area contributed by atoms with Crippen LogP contribution in [0.25, 0.3) is 0 Å². The summed E-state index contributed by atoms with van der Waals surface area (Å²) in [6.07, 6.45) is 1.58. The van der Waals surface area contributed by atoms with E-state index in [0.717, 1.165) is 18.1 Å². The van der Waals surface area contributed by atoms with Gasteiger partial charge in [-0.2, -0.15) is 0 Å². The van der Waals surface area contributed by atoms with Crippen molar-refractivity contribution < 1.29 is 0 Å². The third-order valence-electron chi connectivity index (χ3n) is 1.73. The highest BCUT2D eigenvalue weighted by Gasteiger charge is 2.01. The molecule has 1 rings (SSSR count). The van der Waals surface area contributed by atoms with Crippen LogP contribution in [0.5, 0.6) is 0 Å². The van der Waals surface area contributed by atoms with Gasteiger partial charge in [0.15, 0.2) is 0 Å². The van der Waals surface area contributed by atoms with Crippen LogP contribution in [-0.2, 0) is 0 Å². The van der Waals surface area contributed by atoms with Gasteiger partial charge in [-0.15, -0.1) is 0 Å². The number of nitrogens with two attached hydrogens (primary N) is 1. The normalized spacial score (nSPS) is 10.5. The molecule has 1 heterocycles. The summed E-state index contributed by atoms with van der Waals surface area (Å²) >= 11 is 0. The maximum absolute atomic E-state index is 5.37. The summed E-state index contributed by atoms with van der Waals surface area (Å²) in [5.41, 5.74) is 6.42. The molecule has 0 aliphatic rings. The number of hydrogen-bond acceptors (Lipinski definition) is 4. The Balaban J connectivity index is 2.68. The number of aromatic nitrogens is 2. The number of rotatable bonds is 4.